The van der Waals surface area contributed by atoms with E-state index in [1.165, 1.54) is 18.3 Å². The van der Waals surface area contributed by atoms with Crippen molar-refractivity contribution in [2.45, 2.75) is 5.51 Å². The third-order valence-electron chi connectivity index (χ3n) is 1.62. The van der Waals surface area contributed by atoms with Gasteiger partial charge in [0.1, 0.15) is 11.4 Å². The molecular formula is C8H6F3NO3S. The highest BCUT2D eigenvalue weighted by atomic mass is 32.2. The molecule has 0 radical (unpaired) electrons. The number of carbonyl (C=O) groups is 1. The Balaban J connectivity index is 2.89. The number of rotatable bonds is 3. The zero-order valence-electron chi connectivity index (χ0n) is 7.73. The largest absolute Gasteiger partial charge is 0.497 e. The van der Waals surface area contributed by atoms with Crippen molar-refractivity contribution < 1.29 is 26.4 Å². The molecule has 0 atom stereocenters. The van der Waals surface area contributed by atoms with Gasteiger partial charge in [-0.1, -0.05) is 6.07 Å². The topological polar surface area (TPSA) is 64.1 Å². The molecule has 0 saturated carbocycles. The molecule has 16 heavy (non-hydrogen) atoms. The summed E-state index contributed by atoms with van der Waals surface area (Å²) in [6.45, 7) is 0. The van der Waals surface area contributed by atoms with Crippen molar-refractivity contribution in [1.82, 2.24) is 4.98 Å². The lowest BCUT2D eigenvalue weighted by molar-refractivity contribution is -0.0434. The number of ketones is 1. The highest BCUT2D eigenvalue weighted by Gasteiger charge is 2.46. The molecule has 88 valence electrons. The molecule has 0 unspecified atom stereocenters. The smallest absolute Gasteiger partial charge is 0.291 e. The number of pyridine rings is 1. The minimum absolute atomic E-state index is 0.310. The van der Waals surface area contributed by atoms with Crippen LogP contribution in [-0.4, -0.2) is 30.4 Å². The minimum Gasteiger partial charge on any atom is -0.291 e. The summed E-state index contributed by atoms with van der Waals surface area (Å²) >= 11 is 0. The maximum atomic E-state index is 11.9. The van der Waals surface area contributed by atoms with E-state index in [0.29, 0.717) is 0 Å². The fourth-order valence-electron chi connectivity index (χ4n) is 0.856. The van der Waals surface area contributed by atoms with Crippen LogP contribution in [0.4, 0.5) is 13.2 Å². The Morgan fingerprint density at radius 2 is 1.94 bits per heavy atom. The second kappa shape index (κ2) is 4.20. The van der Waals surface area contributed by atoms with E-state index in [0.717, 1.165) is 6.07 Å². The molecular weight excluding hydrogens is 247 g/mol. The first-order chi connectivity index (χ1) is 7.24. The summed E-state index contributed by atoms with van der Waals surface area (Å²) < 4.78 is 57.2. The Labute approximate surface area is 89.0 Å². The molecule has 0 bridgehead atoms. The van der Waals surface area contributed by atoms with Crippen molar-refractivity contribution in [2.24, 2.45) is 0 Å². The van der Waals surface area contributed by atoms with Gasteiger partial charge in [0.25, 0.3) is 9.84 Å². The number of halogens is 3. The fraction of sp³-hybridized carbons (Fsp3) is 0.250. The maximum Gasteiger partial charge on any atom is 0.497 e. The molecule has 8 heteroatoms. The number of hydrogen-bond acceptors (Lipinski definition) is 4. The number of sulfone groups is 1. The van der Waals surface area contributed by atoms with Crippen LogP contribution in [-0.2, 0) is 9.84 Å². The van der Waals surface area contributed by atoms with Crippen LogP contribution in [0.3, 0.4) is 0 Å². The average molecular weight is 253 g/mol. The summed E-state index contributed by atoms with van der Waals surface area (Å²) in [6, 6.07) is 3.98. The first kappa shape index (κ1) is 12.6. The van der Waals surface area contributed by atoms with Crippen LogP contribution >= 0.6 is 0 Å². The van der Waals surface area contributed by atoms with Crippen molar-refractivity contribution in [3.8, 4) is 0 Å². The monoisotopic (exact) mass is 253 g/mol. The van der Waals surface area contributed by atoms with Gasteiger partial charge < -0.3 is 0 Å². The number of nitrogens with zero attached hydrogens (tertiary/aromatic N) is 1. The van der Waals surface area contributed by atoms with Gasteiger partial charge in [-0.15, -0.1) is 0 Å². The van der Waals surface area contributed by atoms with E-state index >= 15 is 0 Å². The quantitative estimate of drug-likeness (QED) is 0.759. The lowest BCUT2D eigenvalue weighted by atomic mass is 10.3. The second-order valence-electron chi connectivity index (χ2n) is 2.84. The van der Waals surface area contributed by atoms with Crippen LogP contribution in [0.15, 0.2) is 24.4 Å². The molecule has 0 aromatic carbocycles. The Morgan fingerprint density at radius 1 is 1.31 bits per heavy atom. The van der Waals surface area contributed by atoms with Crippen LogP contribution in [0.5, 0.6) is 0 Å². The first-order valence-electron chi connectivity index (χ1n) is 3.97. The molecule has 0 N–H and O–H groups in total. The molecule has 0 aliphatic rings. The van der Waals surface area contributed by atoms with Gasteiger partial charge in [0.2, 0.25) is 0 Å². The van der Waals surface area contributed by atoms with Crippen LogP contribution in [0.25, 0.3) is 0 Å². The van der Waals surface area contributed by atoms with E-state index in [9.17, 15) is 26.4 Å². The van der Waals surface area contributed by atoms with E-state index in [2.05, 4.69) is 4.98 Å². The lowest BCUT2D eigenvalue weighted by Gasteiger charge is -2.06. The number of Topliss-reactive ketones (excluding diaryl/α,β-unsaturated/α-hetero) is 1. The molecule has 1 rings (SSSR count). The number of hydrogen-bond donors (Lipinski definition) is 0. The molecule has 0 aliphatic carbocycles. The first-order valence-corrected chi connectivity index (χ1v) is 5.62. The third kappa shape index (κ3) is 2.78. The van der Waals surface area contributed by atoms with Gasteiger partial charge in [0.15, 0.2) is 5.78 Å². The van der Waals surface area contributed by atoms with Gasteiger partial charge in [-0.05, 0) is 12.1 Å². The van der Waals surface area contributed by atoms with Crippen molar-refractivity contribution in [1.29, 1.82) is 0 Å². The minimum atomic E-state index is -5.43. The highest BCUT2D eigenvalue weighted by Crippen LogP contribution is 2.24. The SMILES string of the molecule is O=C(CS(=O)(=O)C(F)(F)F)c1ccccn1. The van der Waals surface area contributed by atoms with Gasteiger partial charge in [0.05, 0.1) is 0 Å². The Kier molecular flexibility index (Phi) is 3.32. The van der Waals surface area contributed by atoms with E-state index in [1.54, 1.807) is 0 Å². The van der Waals surface area contributed by atoms with Crippen molar-refractivity contribution in [3.05, 3.63) is 30.1 Å². The predicted octanol–water partition coefficient (Wildman–Crippen LogP) is 1.20. The summed E-state index contributed by atoms with van der Waals surface area (Å²) in [6.07, 6.45) is 1.19. The second-order valence-corrected chi connectivity index (χ2v) is 4.82. The summed E-state index contributed by atoms with van der Waals surface area (Å²) in [4.78, 5) is 14.6. The summed E-state index contributed by atoms with van der Waals surface area (Å²) in [7, 11) is -5.43. The molecule has 0 spiro atoms. The molecule has 1 heterocycles. The van der Waals surface area contributed by atoms with Crippen LogP contribution < -0.4 is 0 Å². The average Bonchev–Trinajstić information content (AvgIpc) is 2.16. The van der Waals surface area contributed by atoms with E-state index in [4.69, 9.17) is 0 Å². The molecule has 4 nitrogen and oxygen atoms in total. The van der Waals surface area contributed by atoms with Gasteiger partial charge >= 0.3 is 5.51 Å². The van der Waals surface area contributed by atoms with Crippen LogP contribution in [0.2, 0.25) is 0 Å². The van der Waals surface area contributed by atoms with Crippen LogP contribution in [0, 0.1) is 0 Å². The van der Waals surface area contributed by atoms with Crippen molar-refractivity contribution in [2.75, 3.05) is 5.75 Å². The van der Waals surface area contributed by atoms with E-state index in [1.807, 2.05) is 0 Å². The Morgan fingerprint density at radius 3 is 2.38 bits per heavy atom. The predicted molar refractivity (Wildman–Crippen MR) is 48.4 cm³/mol. The van der Waals surface area contributed by atoms with Gasteiger partial charge in [-0.3, -0.25) is 9.78 Å². The molecule has 0 amide bonds. The summed E-state index contributed by atoms with van der Waals surface area (Å²) in [5.41, 5.74) is -5.73. The Bertz CT molecular complexity index is 481. The third-order valence-corrected chi connectivity index (χ3v) is 2.97. The number of alkyl halides is 3. The standard InChI is InChI=1S/C8H6F3NO3S/c9-8(10,11)16(14,15)5-7(13)6-3-1-2-4-12-6/h1-4H,5H2. The molecule has 0 fully saturated rings. The lowest BCUT2D eigenvalue weighted by Crippen LogP contribution is -2.30. The van der Waals surface area contributed by atoms with Gasteiger partial charge in [-0.25, -0.2) is 8.42 Å². The fourth-order valence-corrected chi connectivity index (χ4v) is 1.51. The van der Waals surface area contributed by atoms with Crippen molar-refractivity contribution in [3.63, 3.8) is 0 Å². The van der Waals surface area contributed by atoms with E-state index in [-0.39, 0.29) is 5.69 Å². The van der Waals surface area contributed by atoms with Crippen molar-refractivity contribution >= 4 is 15.6 Å². The van der Waals surface area contributed by atoms with Gasteiger partial charge in [-0.2, -0.15) is 13.2 Å². The Hall–Kier alpha value is -1.44. The summed E-state index contributed by atoms with van der Waals surface area (Å²) in [5.74, 6) is -2.80. The highest BCUT2D eigenvalue weighted by molar-refractivity contribution is 7.92. The zero-order valence-corrected chi connectivity index (χ0v) is 8.55. The molecule has 0 aliphatic heterocycles. The zero-order chi connectivity index (χ0) is 12.4. The number of carbonyl (C=O) groups excluding carboxylic acids is 1. The number of aromatic nitrogens is 1. The van der Waals surface area contributed by atoms with E-state index < -0.39 is 26.9 Å². The molecule has 0 saturated heterocycles. The van der Waals surface area contributed by atoms with Gasteiger partial charge in [0, 0.05) is 6.20 Å². The molecule has 1 aromatic rings. The maximum absolute atomic E-state index is 11.9. The van der Waals surface area contributed by atoms with Crippen LogP contribution in [0.1, 0.15) is 10.5 Å². The molecule has 1 aromatic heterocycles. The normalized spacial score (nSPS) is 12.4. The summed E-state index contributed by atoms with van der Waals surface area (Å²) in [5, 5.41) is 0.